The Kier molecular flexibility index (Phi) is 4.90. The molecule has 140 valence electrons. The summed E-state index contributed by atoms with van der Waals surface area (Å²) in [6, 6.07) is 4.98. The summed E-state index contributed by atoms with van der Waals surface area (Å²) in [6.07, 6.45) is 1.12. The van der Waals surface area contributed by atoms with Gasteiger partial charge < -0.3 is 9.84 Å². The number of rotatable bonds is 4. The molecule has 0 aliphatic carbocycles. The first-order valence-corrected chi connectivity index (χ1v) is 9.98. The second-order valence-electron chi connectivity index (χ2n) is 6.73. The van der Waals surface area contributed by atoms with Gasteiger partial charge in [-0.3, -0.25) is 4.79 Å². The van der Waals surface area contributed by atoms with Crippen LogP contribution in [-0.2, 0) is 14.8 Å². The SMILES string of the molecule is Cc1ccc(NC(=O)[C@H]2CCCN2S(=O)(=O)c2c(C)noc2C)c(C)c1. The maximum absolute atomic E-state index is 13.1. The van der Waals surface area contributed by atoms with Crippen LogP contribution in [0, 0.1) is 27.7 Å². The average molecular weight is 377 g/mol. The highest BCUT2D eigenvalue weighted by atomic mass is 32.2. The summed E-state index contributed by atoms with van der Waals surface area (Å²) in [5.41, 5.74) is 3.05. The monoisotopic (exact) mass is 377 g/mol. The van der Waals surface area contributed by atoms with Crippen molar-refractivity contribution in [2.75, 3.05) is 11.9 Å². The van der Waals surface area contributed by atoms with Crippen molar-refractivity contribution in [2.24, 2.45) is 0 Å². The Labute approximate surface area is 153 Å². The van der Waals surface area contributed by atoms with E-state index >= 15 is 0 Å². The second kappa shape index (κ2) is 6.85. The van der Waals surface area contributed by atoms with Crippen LogP contribution in [-0.4, -0.2) is 36.4 Å². The van der Waals surface area contributed by atoms with Crippen LogP contribution >= 0.6 is 0 Å². The number of amides is 1. The van der Waals surface area contributed by atoms with E-state index in [0.717, 1.165) is 11.1 Å². The van der Waals surface area contributed by atoms with Gasteiger partial charge in [-0.05, 0) is 52.2 Å². The summed E-state index contributed by atoms with van der Waals surface area (Å²) < 4.78 is 32.4. The van der Waals surface area contributed by atoms with Gasteiger partial charge in [0.25, 0.3) is 0 Å². The predicted octanol–water partition coefficient (Wildman–Crippen LogP) is 2.70. The number of benzene rings is 1. The summed E-state index contributed by atoms with van der Waals surface area (Å²) >= 11 is 0. The smallest absolute Gasteiger partial charge is 0.249 e. The molecule has 1 N–H and O–H groups in total. The zero-order valence-corrected chi connectivity index (χ0v) is 16.2. The molecule has 1 aliphatic heterocycles. The number of sulfonamides is 1. The van der Waals surface area contributed by atoms with Crippen molar-refractivity contribution in [3.63, 3.8) is 0 Å². The Balaban J connectivity index is 1.87. The van der Waals surface area contributed by atoms with E-state index in [1.807, 2.05) is 32.0 Å². The van der Waals surface area contributed by atoms with Gasteiger partial charge in [0, 0.05) is 12.2 Å². The quantitative estimate of drug-likeness (QED) is 0.884. The van der Waals surface area contributed by atoms with Crippen LogP contribution in [0.25, 0.3) is 0 Å². The fourth-order valence-corrected chi connectivity index (χ4v) is 5.37. The minimum atomic E-state index is -3.84. The molecule has 3 rings (SSSR count). The Hall–Kier alpha value is -2.19. The number of carbonyl (C=O) groups excluding carboxylic acids is 1. The molecule has 1 amide bonds. The molecule has 0 saturated carbocycles. The maximum atomic E-state index is 13.1. The molecule has 0 unspecified atom stereocenters. The molecule has 2 heterocycles. The molecule has 26 heavy (non-hydrogen) atoms. The van der Waals surface area contributed by atoms with Crippen LogP contribution in [0.15, 0.2) is 27.6 Å². The zero-order chi connectivity index (χ0) is 19.1. The molecular weight excluding hydrogens is 354 g/mol. The van der Waals surface area contributed by atoms with Crippen molar-refractivity contribution in [1.82, 2.24) is 9.46 Å². The highest BCUT2D eigenvalue weighted by molar-refractivity contribution is 7.89. The van der Waals surface area contributed by atoms with Gasteiger partial charge in [0.05, 0.1) is 0 Å². The molecule has 2 aromatic rings. The Bertz CT molecular complexity index is 930. The zero-order valence-electron chi connectivity index (χ0n) is 15.4. The topological polar surface area (TPSA) is 92.5 Å². The number of hydrogen-bond donors (Lipinski definition) is 1. The van der Waals surface area contributed by atoms with Crippen LogP contribution in [0.2, 0.25) is 0 Å². The average Bonchev–Trinajstić information content (AvgIpc) is 3.17. The van der Waals surface area contributed by atoms with Gasteiger partial charge in [-0.15, -0.1) is 0 Å². The van der Waals surface area contributed by atoms with Crippen molar-refractivity contribution in [3.05, 3.63) is 40.8 Å². The van der Waals surface area contributed by atoms with E-state index in [0.29, 0.717) is 30.8 Å². The maximum Gasteiger partial charge on any atom is 0.249 e. The van der Waals surface area contributed by atoms with Crippen molar-refractivity contribution in [3.8, 4) is 0 Å². The lowest BCUT2D eigenvalue weighted by molar-refractivity contribution is -0.119. The van der Waals surface area contributed by atoms with Crippen LogP contribution in [0.4, 0.5) is 5.69 Å². The number of carbonyl (C=O) groups is 1. The van der Waals surface area contributed by atoms with Crippen molar-refractivity contribution in [1.29, 1.82) is 0 Å². The molecule has 0 radical (unpaired) electrons. The van der Waals surface area contributed by atoms with Crippen molar-refractivity contribution < 1.29 is 17.7 Å². The first-order chi connectivity index (χ1) is 12.2. The van der Waals surface area contributed by atoms with E-state index < -0.39 is 16.1 Å². The van der Waals surface area contributed by atoms with Gasteiger partial charge in [0.1, 0.15) is 16.6 Å². The number of aromatic nitrogens is 1. The molecule has 0 spiro atoms. The van der Waals surface area contributed by atoms with Gasteiger partial charge in [0.15, 0.2) is 5.76 Å². The van der Waals surface area contributed by atoms with E-state index in [1.54, 1.807) is 13.8 Å². The Morgan fingerprint density at radius 1 is 1.27 bits per heavy atom. The first kappa shape index (κ1) is 18.6. The van der Waals surface area contributed by atoms with Crippen LogP contribution in [0.1, 0.15) is 35.4 Å². The third-order valence-corrected chi connectivity index (χ3v) is 6.83. The van der Waals surface area contributed by atoms with E-state index in [1.165, 1.54) is 4.31 Å². The Morgan fingerprint density at radius 2 is 2.00 bits per heavy atom. The number of anilines is 1. The van der Waals surface area contributed by atoms with E-state index in [-0.39, 0.29) is 16.6 Å². The lowest BCUT2D eigenvalue weighted by Crippen LogP contribution is -2.43. The summed E-state index contributed by atoms with van der Waals surface area (Å²) in [7, 11) is -3.84. The lowest BCUT2D eigenvalue weighted by atomic mass is 10.1. The fourth-order valence-electron chi connectivity index (χ4n) is 3.42. The number of nitrogens with one attached hydrogen (secondary N) is 1. The standard InChI is InChI=1S/C18H23N3O4S/c1-11-7-8-15(12(2)10-11)19-18(22)16-6-5-9-21(16)26(23,24)17-13(3)20-25-14(17)4/h7-8,10,16H,5-6,9H2,1-4H3,(H,19,22)/t16-/m1/s1. The van der Waals surface area contributed by atoms with E-state index in [9.17, 15) is 13.2 Å². The highest BCUT2D eigenvalue weighted by Gasteiger charge is 2.41. The molecule has 8 heteroatoms. The summed E-state index contributed by atoms with van der Waals surface area (Å²) in [4.78, 5) is 12.9. The normalized spacial score (nSPS) is 18.2. The molecule has 1 aliphatic rings. The fraction of sp³-hybridized carbons (Fsp3) is 0.444. The summed E-state index contributed by atoms with van der Waals surface area (Å²) in [6.45, 7) is 7.35. The van der Waals surface area contributed by atoms with Gasteiger partial charge >= 0.3 is 0 Å². The van der Waals surface area contributed by atoms with Gasteiger partial charge in [-0.25, -0.2) is 8.42 Å². The Morgan fingerprint density at radius 3 is 2.62 bits per heavy atom. The molecule has 1 fully saturated rings. The minimum absolute atomic E-state index is 0.0590. The molecule has 7 nitrogen and oxygen atoms in total. The molecule has 0 bridgehead atoms. The number of nitrogens with zero attached hydrogens (tertiary/aromatic N) is 2. The largest absolute Gasteiger partial charge is 0.360 e. The van der Waals surface area contributed by atoms with E-state index in [2.05, 4.69) is 10.5 Å². The van der Waals surface area contributed by atoms with Crippen LogP contribution in [0.3, 0.4) is 0 Å². The third kappa shape index (κ3) is 3.26. The van der Waals surface area contributed by atoms with Crippen molar-refractivity contribution in [2.45, 2.75) is 51.5 Å². The van der Waals surface area contributed by atoms with Gasteiger partial charge in [-0.2, -0.15) is 4.31 Å². The molecule has 1 saturated heterocycles. The van der Waals surface area contributed by atoms with Crippen LogP contribution in [0.5, 0.6) is 0 Å². The van der Waals surface area contributed by atoms with Crippen molar-refractivity contribution >= 4 is 21.6 Å². The lowest BCUT2D eigenvalue weighted by Gasteiger charge is -2.23. The second-order valence-corrected chi connectivity index (χ2v) is 8.56. The van der Waals surface area contributed by atoms with Gasteiger partial charge in [0.2, 0.25) is 15.9 Å². The van der Waals surface area contributed by atoms with Gasteiger partial charge in [-0.1, -0.05) is 22.9 Å². The number of aryl methyl sites for hydroxylation is 4. The number of hydrogen-bond acceptors (Lipinski definition) is 5. The van der Waals surface area contributed by atoms with E-state index in [4.69, 9.17) is 4.52 Å². The molecule has 1 atom stereocenters. The minimum Gasteiger partial charge on any atom is -0.360 e. The summed E-state index contributed by atoms with van der Waals surface area (Å²) in [5.74, 6) is -0.0762. The molecular formula is C18H23N3O4S. The first-order valence-electron chi connectivity index (χ1n) is 8.54. The molecule has 1 aromatic carbocycles. The highest BCUT2D eigenvalue weighted by Crippen LogP contribution is 2.30. The predicted molar refractivity (Wildman–Crippen MR) is 97.4 cm³/mol. The third-order valence-electron chi connectivity index (χ3n) is 4.68. The molecule has 1 aromatic heterocycles. The summed E-state index contributed by atoms with van der Waals surface area (Å²) in [5, 5.41) is 6.60. The van der Waals surface area contributed by atoms with Crippen LogP contribution < -0.4 is 5.32 Å².